The molecule has 0 saturated carbocycles. The molecule has 2 heterocycles. The fourth-order valence-electron chi connectivity index (χ4n) is 2.39. The minimum absolute atomic E-state index is 0.163. The quantitative estimate of drug-likeness (QED) is 0.547. The summed E-state index contributed by atoms with van der Waals surface area (Å²) in [6.07, 6.45) is 5.03. The number of pyridine rings is 2. The molecule has 2 N–H and O–H groups in total. The van der Waals surface area contributed by atoms with Crippen molar-refractivity contribution in [3.05, 3.63) is 87.8 Å². The van der Waals surface area contributed by atoms with Crippen LogP contribution in [0.4, 0.5) is 5.82 Å². The monoisotopic (exact) mass is 437 g/mol. The number of carbonyl (C=O) groups excluding carboxylic acids is 1. The maximum Gasteiger partial charge on any atom is 0.278 e. The number of benzene rings is 1. The number of nitrogens with zero attached hydrogens (tertiary/aromatic N) is 3. The second kappa shape index (κ2) is 9.60. The predicted octanol–water partition coefficient (Wildman–Crippen LogP) is 3.58. The highest BCUT2D eigenvalue weighted by Crippen LogP contribution is 2.18. The third-order valence-corrected chi connectivity index (χ3v) is 4.48. The lowest BCUT2D eigenvalue weighted by atomic mass is 10.2. The Labute approximate surface area is 170 Å². The summed E-state index contributed by atoms with van der Waals surface area (Å²) in [6.45, 7) is 0.677. The van der Waals surface area contributed by atoms with Crippen LogP contribution in [0.25, 0.3) is 0 Å². The standard InChI is InChI=1S/C20H16BrN5O2/c21-18-10-15(3-4-16(18)11-22)13-28-26-20(27)17-2-1-7-24-19(17)25-12-14-5-8-23-9-6-14/h1-10H,12-13H2,(H,24,25)(H,26,27). The molecule has 8 heteroatoms. The number of anilines is 1. The molecule has 0 aliphatic rings. The number of amides is 1. The smallest absolute Gasteiger partial charge is 0.278 e. The molecule has 0 atom stereocenters. The number of hydrogen-bond donors (Lipinski definition) is 2. The van der Waals surface area contributed by atoms with Gasteiger partial charge in [-0.1, -0.05) is 6.07 Å². The van der Waals surface area contributed by atoms with Crippen LogP contribution in [0.5, 0.6) is 0 Å². The van der Waals surface area contributed by atoms with Crippen LogP contribution in [0.1, 0.15) is 27.0 Å². The molecule has 0 saturated heterocycles. The van der Waals surface area contributed by atoms with E-state index >= 15 is 0 Å². The van der Waals surface area contributed by atoms with E-state index in [9.17, 15) is 4.79 Å². The number of halogens is 1. The van der Waals surface area contributed by atoms with Gasteiger partial charge >= 0.3 is 0 Å². The van der Waals surface area contributed by atoms with Crippen LogP contribution in [-0.4, -0.2) is 15.9 Å². The van der Waals surface area contributed by atoms with Crippen molar-refractivity contribution in [1.82, 2.24) is 15.4 Å². The number of aromatic nitrogens is 2. The summed E-state index contributed by atoms with van der Waals surface area (Å²) in [5.74, 6) is 0.0552. The van der Waals surface area contributed by atoms with Crippen molar-refractivity contribution in [1.29, 1.82) is 5.26 Å². The van der Waals surface area contributed by atoms with Gasteiger partial charge in [0.25, 0.3) is 5.91 Å². The largest absolute Gasteiger partial charge is 0.365 e. The highest BCUT2D eigenvalue weighted by atomic mass is 79.9. The molecule has 0 spiro atoms. The van der Waals surface area contributed by atoms with Crippen molar-refractivity contribution in [2.24, 2.45) is 0 Å². The van der Waals surface area contributed by atoms with Gasteiger partial charge in [0.2, 0.25) is 0 Å². The van der Waals surface area contributed by atoms with Crippen LogP contribution < -0.4 is 10.8 Å². The van der Waals surface area contributed by atoms with Crippen molar-refractivity contribution in [3.63, 3.8) is 0 Å². The molecule has 0 aliphatic heterocycles. The molecular formula is C20H16BrN5O2. The van der Waals surface area contributed by atoms with Gasteiger partial charge in [-0.3, -0.25) is 14.6 Å². The zero-order valence-corrected chi connectivity index (χ0v) is 16.3. The number of hydrogen-bond acceptors (Lipinski definition) is 6. The normalized spacial score (nSPS) is 10.1. The zero-order chi connectivity index (χ0) is 19.8. The minimum Gasteiger partial charge on any atom is -0.365 e. The fourth-order valence-corrected chi connectivity index (χ4v) is 2.91. The third kappa shape index (κ3) is 5.13. The Bertz CT molecular complexity index is 1000. The fraction of sp³-hybridized carbons (Fsp3) is 0.100. The molecular weight excluding hydrogens is 422 g/mol. The van der Waals surface area contributed by atoms with E-state index < -0.39 is 5.91 Å². The van der Waals surface area contributed by atoms with Gasteiger partial charge in [0.05, 0.1) is 17.7 Å². The maximum atomic E-state index is 12.5. The Morgan fingerprint density at radius 1 is 1.14 bits per heavy atom. The van der Waals surface area contributed by atoms with Crippen LogP contribution >= 0.6 is 15.9 Å². The molecule has 3 rings (SSSR count). The average Bonchev–Trinajstić information content (AvgIpc) is 2.73. The summed E-state index contributed by atoms with van der Waals surface area (Å²) in [5, 5.41) is 12.1. The molecule has 0 aliphatic carbocycles. The Balaban J connectivity index is 1.58. The van der Waals surface area contributed by atoms with Gasteiger partial charge in [0, 0.05) is 29.6 Å². The van der Waals surface area contributed by atoms with Crippen LogP contribution in [0, 0.1) is 11.3 Å². The summed E-state index contributed by atoms with van der Waals surface area (Å²) in [6, 6.07) is 14.4. The van der Waals surface area contributed by atoms with Gasteiger partial charge in [-0.25, -0.2) is 10.5 Å². The molecule has 0 fully saturated rings. The van der Waals surface area contributed by atoms with E-state index in [1.807, 2.05) is 12.1 Å². The second-order valence-corrected chi connectivity index (χ2v) is 6.61. The predicted molar refractivity (Wildman–Crippen MR) is 107 cm³/mol. The molecule has 7 nitrogen and oxygen atoms in total. The summed E-state index contributed by atoms with van der Waals surface area (Å²) in [5.41, 5.74) is 5.17. The highest BCUT2D eigenvalue weighted by Gasteiger charge is 2.12. The van der Waals surface area contributed by atoms with Crippen LogP contribution in [-0.2, 0) is 18.0 Å². The number of carbonyl (C=O) groups is 1. The third-order valence-electron chi connectivity index (χ3n) is 3.82. The molecule has 2 aromatic heterocycles. The first-order chi connectivity index (χ1) is 13.7. The van der Waals surface area contributed by atoms with Crippen molar-refractivity contribution in [2.75, 3.05) is 5.32 Å². The lowest BCUT2D eigenvalue weighted by Crippen LogP contribution is -2.25. The van der Waals surface area contributed by atoms with E-state index in [1.54, 1.807) is 48.9 Å². The zero-order valence-electron chi connectivity index (χ0n) is 14.7. The minimum atomic E-state index is -0.405. The Kier molecular flexibility index (Phi) is 6.68. The van der Waals surface area contributed by atoms with Crippen LogP contribution in [0.3, 0.4) is 0 Å². The summed E-state index contributed by atoms with van der Waals surface area (Å²) < 4.78 is 0.678. The van der Waals surface area contributed by atoms with Gasteiger partial charge in [0.15, 0.2) is 0 Å². The first-order valence-corrected chi connectivity index (χ1v) is 9.15. The summed E-state index contributed by atoms with van der Waals surface area (Å²) >= 11 is 3.33. The van der Waals surface area contributed by atoms with E-state index in [0.717, 1.165) is 11.1 Å². The SMILES string of the molecule is N#Cc1ccc(CONC(=O)c2cccnc2NCc2ccncc2)cc1Br. The van der Waals surface area contributed by atoms with Gasteiger partial charge in [-0.15, -0.1) is 0 Å². The molecule has 3 aromatic rings. The summed E-state index contributed by atoms with van der Waals surface area (Å²) in [7, 11) is 0. The Hall–Kier alpha value is -3.28. The average molecular weight is 438 g/mol. The highest BCUT2D eigenvalue weighted by molar-refractivity contribution is 9.10. The van der Waals surface area contributed by atoms with Gasteiger partial charge in [-0.2, -0.15) is 5.26 Å². The van der Waals surface area contributed by atoms with Gasteiger partial charge < -0.3 is 5.32 Å². The van der Waals surface area contributed by atoms with Gasteiger partial charge in [-0.05, 0) is 63.5 Å². The van der Waals surface area contributed by atoms with E-state index in [2.05, 4.69) is 42.8 Å². The van der Waals surface area contributed by atoms with E-state index in [1.165, 1.54) is 0 Å². The first kappa shape index (κ1) is 19.5. The first-order valence-electron chi connectivity index (χ1n) is 8.36. The van der Waals surface area contributed by atoms with Crippen molar-refractivity contribution in [2.45, 2.75) is 13.2 Å². The van der Waals surface area contributed by atoms with E-state index in [4.69, 9.17) is 10.1 Å². The number of hydroxylamine groups is 1. The van der Waals surface area contributed by atoms with Crippen molar-refractivity contribution < 1.29 is 9.63 Å². The van der Waals surface area contributed by atoms with E-state index in [-0.39, 0.29) is 6.61 Å². The summed E-state index contributed by atoms with van der Waals surface area (Å²) in [4.78, 5) is 26.0. The molecule has 28 heavy (non-hydrogen) atoms. The second-order valence-electron chi connectivity index (χ2n) is 5.75. The topological polar surface area (TPSA) is 99.9 Å². The molecule has 1 amide bonds. The Morgan fingerprint density at radius 3 is 2.71 bits per heavy atom. The lowest BCUT2D eigenvalue weighted by Gasteiger charge is -2.11. The van der Waals surface area contributed by atoms with Crippen LogP contribution in [0.2, 0.25) is 0 Å². The molecule has 0 radical (unpaired) electrons. The van der Waals surface area contributed by atoms with E-state index in [0.29, 0.717) is 28.0 Å². The Morgan fingerprint density at radius 2 is 1.96 bits per heavy atom. The maximum absolute atomic E-state index is 12.5. The van der Waals surface area contributed by atoms with Crippen LogP contribution in [0.15, 0.2) is 65.5 Å². The van der Waals surface area contributed by atoms with Crippen molar-refractivity contribution in [3.8, 4) is 6.07 Å². The molecule has 0 unspecified atom stereocenters. The van der Waals surface area contributed by atoms with Crippen molar-refractivity contribution >= 4 is 27.7 Å². The van der Waals surface area contributed by atoms with Gasteiger partial charge in [0.1, 0.15) is 11.9 Å². The number of nitrogens with one attached hydrogen (secondary N) is 2. The molecule has 1 aromatic carbocycles. The molecule has 0 bridgehead atoms. The number of nitriles is 1. The molecule has 140 valence electrons. The lowest BCUT2D eigenvalue weighted by molar-refractivity contribution is 0.0234. The number of rotatable bonds is 7.